The van der Waals surface area contributed by atoms with Crippen molar-refractivity contribution >= 4 is 29.0 Å². The Morgan fingerprint density at radius 1 is 1.03 bits per heavy atom. The van der Waals surface area contributed by atoms with E-state index in [0.717, 1.165) is 31.5 Å². The van der Waals surface area contributed by atoms with Crippen LogP contribution in [-0.4, -0.2) is 46.7 Å². The first-order chi connectivity index (χ1) is 15.5. The first-order valence-electron chi connectivity index (χ1n) is 11.0. The van der Waals surface area contributed by atoms with Crippen LogP contribution in [-0.2, 0) is 11.2 Å². The molecule has 0 unspecified atom stereocenters. The molecule has 7 nitrogen and oxygen atoms in total. The van der Waals surface area contributed by atoms with Crippen LogP contribution in [0.25, 0.3) is 16.6 Å². The lowest BCUT2D eigenvalue weighted by atomic mass is 10.1. The van der Waals surface area contributed by atoms with Crippen LogP contribution in [0.1, 0.15) is 32.3 Å². The van der Waals surface area contributed by atoms with Gasteiger partial charge in [0.25, 0.3) is 5.56 Å². The molecule has 1 aromatic heterocycles. The summed E-state index contributed by atoms with van der Waals surface area (Å²) in [5.74, 6) is 1.23. The Balaban J connectivity index is 1.69. The highest BCUT2D eigenvalue weighted by Gasteiger charge is 2.18. The highest BCUT2D eigenvalue weighted by Crippen LogP contribution is 2.31. The Labute approximate surface area is 191 Å². The fraction of sp³-hybridized carbons (Fsp3) is 0.375. The second-order valence-corrected chi connectivity index (χ2v) is 8.10. The standard InChI is InChI=1S/C24H27N3O4S/c1-3-30-20-14-18-19(15-21(20)31-4-2)25-24(32)27(23(18)29)17-9-7-16(8-10-17)13-22(28)26-11-5-6-12-26/h7-10,14-15H,3-6,11-13H2,1-2H3,(H,25,32). The average Bonchev–Trinajstić information content (AvgIpc) is 3.31. The summed E-state index contributed by atoms with van der Waals surface area (Å²) in [6, 6.07) is 10.8. The zero-order valence-electron chi connectivity index (χ0n) is 18.3. The molecule has 0 saturated carbocycles. The molecule has 32 heavy (non-hydrogen) atoms. The second kappa shape index (κ2) is 9.56. The van der Waals surface area contributed by atoms with Gasteiger partial charge in [0.05, 0.1) is 36.2 Å². The van der Waals surface area contributed by atoms with Crippen LogP contribution in [0.3, 0.4) is 0 Å². The Kier molecular flexibility index (Phi) is 6.60. The molecule has 0 aliphatic carbocycles. The lowest BCUT2D eigenvalue weighted by Crippen LogP contribution is -2.29. The van der Waals surface area contributed by atoms with Crippen LogP contribution in [0.15, 0.2) is 41.2 Å². The normalized spacial score (nSPS) is 13.5. The number of H-pyrrole nitrogens is 1. The quantitative estimate of drug-likeness (QED) is 0.547. The van der Waals surface area contributed by atoms with E-state index in [1.165, 1.54) is 4.57 Å². The third kappa shape index (κ3) is 4.41. The largest absolute Gasteiger partial charge is 0.490 e. The Morgan fingerprint density at radius 2 is 1.66 bits per heavy atom. The number of fused-ring (bicyclic) bond motifs is 1. The SMILES string of the molecule is CCOc1cc2[nH]c(=S)n(-c3ccc(CC(=O)N4CCCC4)cc3)c(=O)c2cc1OCC. The zero-order valence-corrected chi connectivity index (χ0v) is 19.2. The molecule has 1 aliphatic rings. The van der Waals surface area contributed by atoms with Crippen molar-refractivity contribution in [2.45, 2.75) is 33.1 Å². The maximum atomic E-state index is 13.3. The maximum Gasteiger partial charge on any atom is 0.266 e. The number of nitrogens with one attached hydrogen (secondary N) is 1. The average molecular weight is 454 g/mol. The number of aromatic amines is 1. The molecule has 1 saturated heterocycles. The van der Waals surface area contributed by atoms with Crippen molar-refractivity contribution in [2.75, 3.05) is 26.3 Å². The topological polar surface area (TPSA) is 76.6 Å². The molecule has 1 N–H and O–H groups in total. The van der Waals surface area contributed by atoms with E-state index in [1.807, 2.05) is 43.0 Å². The van der Waals surface area contributed by atoms with Gasteiger partial charge < -0.3 is 19.4 Å². The van der Waals surface area contributed by atoms with Crippen LogP contribution in [0.5, 0.6) is 11.5 Å². The number of likely N-dealkylation sites (tertiary alicyclic amines) is 1. The summed E-state index contributed by atoms with van der Waals surface area (Å²) in [6.07, 6.45) is 2.51. The minimum absolute atomic E-state index is 0.143. The molecule has 1 aliphatic heterocycles. The number of benzene rings is 2. The first kappa shape index (κ1) is 22.1. The highest BCUT2D eigenvalue weighted by molar-refractivity contribution is 7.71. The molecule has 0 bridgehead atoms. The van der Waals surface area contributed by atoms with Crippen LogP contribution < -0.4 is 15.0 Å². The molecule has 2 aromatic carbocycles. The summed E-state index contributed by atoms with van der Waals surface area (Å²) in [5, 5.41) is 0.457. The molecule has 0 atom stereocenters. The van der Waals surface area contributed by atoms with Gasteiger partial charge >= 0.3 is 0 Å². The molecular formula is C24H27N3O4S. The fourth-order valence-electron chi connectivity index (χ4n) is 4.01. The monoisotopic (exact) mass is 453 g/mol. The molecule has 1 fully saturated rings. The number of hydrogen-bond donors (Lipinski definition) is 1. The number of rotatable bonds is 7. The van der Waals surface area contributed by atoms with E-state index in [1.54, 1.807) is 12.1 Å². The van der Waals surface area contributed by atoms with Crippen LogP contribution >= 0.6 is 12.2 Å². The lowest BCUT2D eigenvalue weighted by molar-refractivity contribution is -0.129. The van der Waals surface area contributed by atoms with Gasteiger partial charge in [0.1, 0.15) is 0 Å². The minimum Gasteiger partial charge on any atom is -0.490 e. The molecule has 168 valence electrons. The number of carbonyl (C=O) groups is 1. The van der Waals surface area contributed by atoms with Crippen molar-refractivity contribution < 1.29 is 14.3 Å². The third-order valence-corrected chi connectivity index (χ3v) is 5.86. The van der Waals surface area contributed by atoms with E-state index in [0.29, 0.717) is 47.7 Å². The van der Waals surface area contributed by atoms with Crippen molar-refractivity contribution in [1.82, 2.24) is 14.5 Å². The first-order valence-corrected chi connectivity index (χ1v) is 11.4. The minimum atomic E-state index is -0.242. The van der Waals surface area contributed by atoms with Crippen molar-refractivity contribution in [1.29, 1.82) is 0 Å². The molecule has 8 heteroatoms. The van der Waals surface area contributed by atoms with Gasteiger partial charge in [-0.25, -0.2) is 0 Å². The summed E-state index contributed by atoms with van der Waals surface area (Å²) in [6.45, 7) is 6.39. The van der Waals surface area contributed by atoms with Crippen LogP contribution in [0.4, 0.5) is 0 Å². The predicted octanol–water partition coefficient (Wildman–Crippen LogP) is 4.01. The van der Waals surface area contributed by atoms with Gasteiger partial charge in [-0.2, -0.15) is 0 Å². The molecule has 3 aromatic rings. The van der Waals surface area contributed by atoms with Crippen LogP contribution in [0, 0.1) is 4.77 Å². The molecular weight excluding hydrogens is 426 g/mol. The van der Waals surface area contributed by atoms with E-state index in [-0.39, 0.29) is 16.2 Å². The Hall–Kier alpha value is -3.13. The van der Waals surface area contributed by atoms with E-state index in [4.69, 9.17) is 21.7 Å². The summed E-state index contributed by atoms with van der Waals surface area (Å²) in [7, 11) is 0. The summed E-state index contributed by atoms with van der Waals surface area (Å²) in [4.78, 5) is 30.8. The molecule has 1 amide bonds. The molecule has 2 heterocycles. The van der Waals surface area contributed by atoms with Crippen molar-refractivity contribution in [3.63, 3.8) is 0 Å². The summed E-state index contributed by atoms with van der Waals surface area (Å²) in [5.41, 5.74) is 1.90. The third-order valence-electron chi connectivity index (χ3n) is 5.57. The fourth-order valence-corrected chi connectivity index (χ4v) is 4.31. The van der Waals surface area contributed by atoms with Gasteiger partial charge in [0, 0.05) is 19.2 Å². The van der Waals surface area contributed by atoms with E-state index >= 15 is 0 Å². The number of hydrogen-bond acceptors (Lipinski definition) is 5. The van der Waals surface area contributed by atoms with Gasteiger partial charge in [-0.1, -0.05) is 12.1 Å². The Morgan fingerprint density at radius 3 is 2.28 bits per heavy atom. The Bertz CT molecular complexity index is 1240. The van der Waals surface area contributed by atoms with Gasteiger partial charge in [-0.15, -0.1) is 0 Å². The predicted molar refractivity (Wildman–Crippen MR) is 127 cm³/mol. The highest BCUT2D eigenvalue weighted by atomic mass is 32.1. The number of aromatic nitrogens is 2. The van der Waals surface area contributed by atoms with E-state index in [9.17, 15) is 9.59 Å². The van der Waals surface area contributed by atoms with Crippen molar-refractivity contribution in [3.8, 4) is 17.2 Å². The maximum absolute atomic E-state index is 13.3. The van der Waals surface area contributed by atoms with Crippen LogP contribution in [0.2, 0.25) is 0 Å². The van der Waals surface area contributed by atoms with E-state index in [2.05, 4.69) is 4.98 Å². The van der Waals surface area contributed by atoms with Gasteiger partial charge in [0.2, 0.25) is 5.91 Å². The smallest absolute Gasteiger partial charge is 0.266 e. The summed E-state index contributed by atoms with van der Waals surface area (Å²) >= 11 is 5.49. The van der Waals surface area contributed by atoms with E-state index < -0.39 is 0 Å². The zero-order chi connectivity index (χ0) is 22.7. The lowest BCUT2D eigenvalue weighted by Gasteiger charge is -2.15. The number of nitrogens with zero attached hydrogens (tertiary/aromatic N) is 2. The van der Waals surface area contributed by atoms with Gasteiger partial charge in [-0.05, 0) is 62.7 Å². The van der Waals surface area contributed by atoms with Crippen molar-refractivity contribution in [3.05, 3.63) is 57.1 Å². The second-order valence-electron chi connectivity index (χ2n) is 7.71. The molecule has 0 radical (unpaired) electrons. The number of amides is 1. The molecule has 4 rings (SSSR count). The van der Waals surface area contributed by atoms with Gasteiger partial charge in [-0.3, -0.25) is 14.2 Å². The van der Waals surface area contributed by atoms with Gasteiger partial charge in [0.15, 0.2) is 16.3 Å². The molecule has 0 spiro atoms. The van der Waals surface area contributed by atoms with Crippen molar-refractivity contribution in [2.24, 2.45) is 0 Å². The summed E-state index contributed by atoms with van der Waals surface area (Å²) < 4.78 is 13.1. The number of ether oxygens (including phenoxy) is 2. The number of carbonyl (C=O) groups excluding carboxylic acids is 1.